The van der Waals surface area contributed by atoms with E-state index in [1.165, 1.54) is 13.8 Å². The van der Waals surface area contributed by atoms with E-state index in [-0.39, 0.29) is 11.6 Å². The van der Waals surface area contributed by atoms with Crippen molar-refractivity contribution in [2.24, 2.45) is 0 Å². The maximum absolute atomic E-state index is 12.3. The number of carbonyl (C=O) groups is 4. The van der Waals surface area contributed by atoms with Crippen LogP contribution in [0.5, 0.6) is 0 Å². The summed E-state index contributed by atoms with van der Waals surface area (Å²) in [6.45, 7) is 6.71. The number of ether oxygens (including phenoxy) is 2. The molecule has 0 spiro atoms. The van der Waals surface area contributed by atoms with Crippen LogP contribution in [0.3, 0.4) is 0 Å². The summed E-state index contributed by atoms with van der Waals surface area (Å²) in [7, 11) is 0. The molecule has 6 heteroatoms. The van der Waals surface area contributed by atoms with Crippen LogP contribution in [-0.4, -0.2) is 35.7 Å². The van der Waals surface area contributed by atoms with Crippen LogP contribution in [-0.2, 0) is 19.1 Å². The number of hydrogen-bond acceptors (Lipinski definition) is 6. The van der Waals surface area contributed by atoms with Crippen LogP contribution in [0.1, 0.15) is 45.7 Å². The Hall–Kier alpha value is -3.54. The fourth-order valence-corrected chi connectivity index (χ4v) is 2.58. The fraction of sp³-hybridized carbons (Fsp3) is 0.250. The van der Waals surface area contributed by atoms with E-state index in [1.54, 1.807) is 48.5 Å². The summed E-state index contributed by atoms with van der Waals surface area (Å²) < 4.78 is 10.1. The Morgan fingerprint density at radius 2 is 0.933 bits per heavy atom. The molecular formula is C24H24O6. The van der Waals surface area contributed by atoms with Crippen LogP contribution < -0.4 is 0 Å². The predicted octanol–water partition coefficient (Wildman–Crippen LogP) is 3.79. The van der Waals surface area contributed by atoms with Gasteiger partial charge in [-0.05, 0) is 27.7 Å². The predicted molar refractivity (Wildman–Crippen MR) is 111 cm³/mol. The Morgan fingerprint density at radius 3 is 1.23 bits per heavy atom. The van der Waals surface area contributed by atoms with Gasteiger partial charge in [0.1, 0.15) is 0 Å². The number of hydrogen-bond donors (Lipinski definition) is 0. The average Bonchev–Trinajstić information content (AvgIpc) is 2.72. The molecule has 0 amide bonds. The second-order valence-corrected chi connectivity index (χ2v) is 6.95. The SMILES string of the molecule is Cc1ccc(C(=O)[C@H](C)OC(=O)/C=C/C(=O)O[C@H](C)C(=O)c2ccc(C)cc2)cc1. The van der Waals surface area contributed by atoms with Gasteiger partial charge in [-0.2, -0.15) is 0 Å². The quantitative estimate of drug-likeness (QED) is 0.375. The van der Waals surface area contributed by atoms with Crippen molar-refractivity contribution in [1.82, 2.24) is 0 Å². The Labute approximate surface area is 175 Å². The molecule has 6 nitrogen and oxygen atoms in total. The Morgan fingerprint density at radius 1 is 0.633 bits per heavy atom. The van der Waals surface area contributed by atoms with Gasteiger partial charge >= 0.3 is 11.9 Å². The van der Waals surface area contributed by atoms with Gasteiger partial charge in [-0.15, -0.1) is 0 Å². The fourth-order valence-electron chi connectivity index (χ4n) is 2.58. The number of ketones is 2. The van der Waals surface area contributed by atoms with Gasteiger partial charge in [0, 0.05) is 23.3 Å². The number of Topliss-reactive ketones (excluding diaryl/α,β-unsaturated/α-hetero) is 2. The van der Waals surface area contributed by atoms with E-state index in [9.17, 15) is 19.2 Å². The van der Waals surface area contributed by atoms with Crippen LogP contribution in [0.4, 0.5) is 0 Å². The van der Waals surface area contributed by atoms with Crippen LogP contribution in [0, 0.1) is 13.8 Å². The minimum absolute atomic E-state index is 0.350. The molecule has 2 rings (SSSR count). The molecule has 0 saturated carbocycles. The van der Waals surface area contributed by atoms with E-state index in [0.29, 0.717) is 11.1 Å². The lowest BCUT2D eigenvalue weighted by Gasteiger charge is -2.12. The maximum atomic E-state index is 12.3. The number of carbonyl (C=O) groups excluding carboxylic acids is 4. The third kappa shape index (κ3) is 6.51. The number of esters is 2. The zero-order valence-corrected chi connectivity index (χ0v) is 17.4. The second-order valence-electron chi connectivity index (χ2n) is 6.95. The normalized spacial score (nSPS) is 12.8. The van der Waals surface area contributed by atoms with Gasteiger partial charge in [0.2, 0.25) is 11.6 Å². The molecule has 0 heterocycles. The topological polar surface area (TPSA) is 86.7 Å². The first-order valence-electron chi connectivity index (χ1n) is 9.48. The molecule has 30 heavy (non-hydrogen) atoms. The molecule has 0 radical (unpaired) electrons. The van der Waals surface area contributed by atoms with Gasteiger partial charge in [0.15, 0.2) is 12.2 Å². The Balaban J connectivity index is 1.86. The maximum Gasteiger partial charge on any atom is 0.331 e. The van der Waals surface area contributed by atoms with Gasteiger partial charge < -0.3 is 9.47 Å². The lowest BCUT2D eigenvalue weighted by molar-refractivity contribution is -0.143. The molecule has 2 atom stereocenters. The lowest BCUT2D eigenvalue weighted by atomic mass is 10.1. The van der Waals surface area contributed by atoms with Crippen LogP contribution in [0.25, 0.3) is 0 Å². The highest BCUT2D eigenvalue weighted by atomic mass is 16.6. The van der Waals surface area contributed by atoms with Gasteiger partial charge in [0.05, 0.1) is 0 Å². The van der Waals surface area contributed by atoms with E-state index < -0.39 is 24.1 Å². The molecule has 2 aromatic rings. The molecule has 0 aliphatic heterocycles. The summed E-state index contributed by atoms with van der Waals surface area (Å²) in [4.78, 5) is 48.3. The van der Waals surface area contributed by atoms with Crippen LogP contribution >= 0.6 is 0 Å². The summed E-state index contributed by atoms with van der Waals surface area (Å²) in [5.41, 5.74) is 2.86. The minimum atomic E-state index is -1.01. The summed E-state index contributed by atoms with van der Waals surface area (Å²) in [5, 5.41) is 0. The smallest absolute Gasteiger partial charge is 0.331 e. The standard InChI is InChI=1S/C24H24O6/c1-15-5-9-19(10-6-15)23(27)17(3)29-21(25)13-14-22(26)30-18(4)24(28)20-11-7-16(2)8-12-20/h5-14,17-18H,1-4H3/b14-13+/t17-,18+. The Bertz CT molecular complexity index is 875. The highest BCUT2D eigenvalue weighted by Gasteiger charge is 2.20. The Kier molecular flexibility index (Phi) is 7.81. The first kappa shape index (κ1) is 22.7. The van der Waals surface area contributed by atoms with Gasteiger partial charge in [-0.1, -0.05) is 59.7 Å². The van der Waals surface area contributed by atoms with Gasteiger partial charge in [-0.3, -0.25) is 9.59 Å². The highest BCUT2D eigenvalue weighted by molar-refractivity contribution is 6.02. The van der Waals surface area contributed by atoms with Crippen LogP contribution in [0.2, 0.25) is 0 Å². The van der Waals surface area contributed by atoms with Gasteiger partial charge in [0.25, 0.3) is 0 Å². The molecule has 0 aliphatic carbocycles. The van der Waals surface area contributed by atoms with Crippen molar-refractivity contribution in [1.29, 1.82) is 0 Å². The number of aryl methyl sites for hydroxylation is 2. The molecule has 0 saturated heterocycles. The van der Waals surface area contributed by atoms with Crippen molar-refractivity contribution in [3.8, 4) is 0 Å². The van der Waals surface area contributed by atoms with Crippen molar-refractivity contribution in [3.05, 3.63) is 82.9 Å². The summed E-state index contributed by atoms with van der Waals surface area (Å²) in [6, 6.07) is 13.8. The number of rotatable bonds is 8. The van der Waals surface area contributed by atoms with Crippen molar-refractivity contribution >= 4 is 23.5 Å². The molecule has 0 aliphatic rings. The monoisotopic (exact) mass is 408 g/mol. The molecular weight excluding hydrogens is 384 g/mol. The molecule has 0 fully saturated rings. The summed E-state index contributed by atoms with van der Waals surface area (Å²) in [6.07, 6.45) is -0.292. The van der Waals surface area contributed by atoms with Crippen molar-refractivity contribution in [3.63, 3.8) is 0 Å². The van der Waals surface area contributed by atoms with E-state index in [1.807, 2.05) is 13.8 Å². The van der Waals surface area contributed by atoms with E-state index >= 15 is 0 Å². The van der Waals surface area contributed by atoms with E-state index in [0.717, 1.165) is 23.3 Å². The molecule has 2 aromatic carbocycles. The highest BCUT2D eigenvalue weighted by Crippen LogP contribution is 2.10. The largest absolute Gasteiger partial charge is 0.451 e. The van der Waals surface area contributed by atoms with Crippen molar-refractivity contribution in [2.75, 3.05) is 0 Å². The van der Waals surface area contributed by atoms with E-state index in [2.05, 4.69) is 0 Å². The molecule has 0 bridgehead atoms. The second kappa shape index (κ2) is 10.3. The summed E-state index contributed by atoms with van der Waals surface area (Å²) >= 11 is 0. The van der Waals surface area contributed by atoms with E-state index in [4.69, 9.17) is 9.47 Å². The molecule has 0 aromatic heterocycles. The zero-order chi connectivity index (χ0) is 22.3. The van der Waals surface area contributed by atoms with Crippen molar-refractivity contribution in [2.45, 2.75) is 39.9 Å². The first-order chi connectivity index (χ1) is 14.2. The third-order valence-electron chi connectivity index (χ3n) is 4.35. The molecule has 0 N–H and O–H groups in total. The number of benzene rings is 2. The molecule has 0 unspecified atom stereocenters. The third-order valence-corrected chi connectivity index (χ3v) is 4.35. The van der Waals surface area contributed by atoms with Crippen molar-refractivity contribution < 1.29 is 28.7 Å². The minimum Gasteiger partial charge on any atom is -0.451 e. The molecule has 156 valence electrons. The first-order valence-corrected chi connectivity index (χ1v) is 9.48. The van der Waals surface area contributed by atoms with Gasteiger partial charge in [-0.25, -0.2) is 9.59 Å². The zero-order valence-electron chi connectivity index (χ0n) is 17.4. The lowest BCUT2D eigenvalue weighted by Crippen LogP contribution is -2.24. The average molecular weight is 408 g/mol. The summed E-state index contributed by atoms with van der Waals surface area (Å²) in [5.74, 6) is -2.43. The van der Waals surface area contributed by atoms with Crippen LogP contribution in [0.15, 0.2) is 60.7 Å².